The molecule has 3 aromatic rings. The molecule has 0 unspecified atom stereocenters. The Morgan fingerprint density at radius 3 is 2.49 bits per heavy atom. The lowest BCUT2D eigenvalue weighted by Crippen LogP contribution is -2.53. The van der Waals surface area contributed by atoms with Crippen molar-refractivity contribution in [2.24, 2.45) is 0 Å². The molecule has 43 heavy (non-hydrogen) atoms. The number of hydrazine groups is 1. The Morgan fingerprint density at radius 1 is 1.12 bits per heavy atom. The summed E-state index contributed by atoms with van der Waals surface area (Å²) in [6, 6.07) is 13.5. The number of anilines is 1. The predicted octanol–water partition coefficient (Wildman–Crippen LogP) is 3.10. The zero-order valence-corrected chi connectivity index (χ0v) is 25.5. The van der Waals surface area contributed by atoms with Crippen LogP contribution >= 0.6 is 12.8 Å². The van der Waals surface area contributed by atoms with Crippen molar-refractivity contribution in [3.05, 3.63) is 65.5 Å². The number of thiol groups is 1. The number of aliphatic carboxylic acids is 1. The molecular formula is C31H37N5O6S. The van der Waals surface area contributed by atoms with Crippen LogP contribution < -0.4 is 15.0 Å². The number of carbonyl (C=O) groups is 2. The maximum absolute atomic E-state index is 11.8. The van der Waals surface area contributed by atoms with Gasteiger partial charge in [0.05, 0.1) is 31.2 Å². The first-order valence-electron chi connectivity index (χ1n) is 14.0. The van der Waals surface area contributed by atoms with Crippen LogP contribution in [0, 0.1) is 11.8 Å². The second kappa shape index (κ2) is 15.5. The fraction of sp³-hybridized carbons (Fsp3) is 0.387. The number of oxazole rings is 1. The number of nitrogens with zero attached hydrogens (tertiary/aromatic N) is 4. The van der Waals surface area contributed by atoms with E-state index in [0.717, 1.165) is 43.0 Å². The van der Waals surface area contributed by atoms with Crippen molar-refractivity contribution in [1.29, 1.82) is 0 Å². The van der Waals surface area contributed by atoms with Gasteiger partial charge in [-0.3, -0.25) is 9.59 Å². The third-order valence-electron chi connectivity index (χ3n) is 6.92. The highest BCUT2D eigenvalue weighted by Gasteiger charge is 2.25. The number of hydrogen-bond acceptors (Lipinski definition) is 10. The van der Waals surface area contributed by atoms with E-state index in [0.29, 0.717) is 36.2 Å². The standard InChI is InChI=1S/C31H37N5O6S/c1-22(18-30(38)39)36(43)35-14-12-34(13-15-35)25-9-6-23(7-10-25)4-5-24-8-11-28(41-17-16-40-3)27(19-24)31-33-21-26(42-31)20-29(37)32-2/h6-11,19,21-22,43H,12-18,20H2,1-3H3,(H,32,37)(H,38,39)/t22-/m1/s1. The summed E-state index contributed by atoms with van der Waals surface area (Å²) in [5, 5.41) is 13.7. The molecule has 0 aliphatic carbocycles. The molecule has 12 heteroatoms. The van der Waals surface area contributed by atoms with Crippen molar-refractivity contribution in [2.45, 2.75) is 25.8 Å². The van der Waals surface area contributed by atoms with Crippen molar-refractivity contribution in [1.82, 2.24) is 19.7 Å². The van der Waals surface area contributed by atoms with E-state index >= 15 is 0 Å². The second-order valence-corrected chi connectivity index (χ2v) is 10.4. The molecule has 1 aliphatic rings. The Bertz CT molecular complexity index is 1440. The Morgan fingerprint density at radius 2 is 1.81 bits per heavy atom. The highest BCUT2D eigenvalue weighted by Crippen LogP contribution is 2.31. The maximum Gasteiger partial charge on any atom is 0.305 e. The smallest absolute Gasteiger partial charge is 0.305 e. The van der Waals surface area contributed by atoms with Crippen LogP contribution in [0.1, 0.15) is 30.2 Å². The normalized spacial score (nSPS) is 14.2. The summed E-state index contributed by atoms with van der Waals surface area (Å²) in [5.74, 6) is 6.81. The maximum atomic E-state index is 11.8. The Hall–Kier alpha value is -4.02. The molecule has 1 aliphatic heterocycles. The van der Waals surface area contributed by atoms with Gasteiger partial charge in [0.15, 0.2) is 0 Å². The topological polar surface area (TPSA) is 121 Å². The summed E-state index contributed by atoms with van der Waals surface area (Å²) < 4.78 is 18.6. The molecule has 1 atom stereocenters. The van der Waals surface area contributed by atoms with Gasteiger partial charge in [-0.15, -0.1) is 0 Å². The van der Waals surface area contributed by atoms with Gasteiger partial charge in [-0.1, -0.05) is 24.7 Å². The van der Waals surface area contributed by atoms with Crippen molar-refractivity contribution < 1.29 is 28.6 Å². The largest absolute Gasteiger partial charge is 0.490 e. The molecule has 2 aromatic carbocycles. The van der Waals surface area contributed by atoms with Crippen LogP contribution in [0.5, 0.6) is 5.75 Å². The van der Waals surface area contributed by atoms with Gasteiger partial charge < -0.3 is 29.2 Å². The van der Waals surface area contributed by atoms with E-state index < -0.39 is 5.97 Å². The minimum atomic E-state index is -0.833. The minimum Gasteiger partial charge on any atom is -0.490 e. The van der Waals surface area contributed by atoms with Gasteiger partial charge in [-0.2, -0.15) is 4.41 Å². The number of nitrogens with one attached hydrogen (secondary N) is 1. The lowest BCUT2D eigenvalue weighted by molar-refractivity contribution is -0.138. The highest BCUT2D eigenvalue weighted by molar-refractivity contribution is 7.77. The van der Waals surface area contributed by atoms with Gasteiger partial charge in [-0.05, 0) is 49.4 Å². The molecule has 228 valence electrons. The van der Waals surface area contributed by atoms with E-state index in [1.54, 1.807) is 18.6 Å². The molecule has 2 N–H and O–H groups in total. The Balaban J connectivity index is 1.43. The number of methoxy groups -OCH3 is 1. The Kier molecular flexibility index (Phi) is 11.5. The fourth-order valence-electron chi connectivity index (χ4n) is 4.57. The van der Waals surface area contributed by atoms with Gasteiger partial charge >= 0.3 is 5.97 Å². The number of carboxylic acids is 1. The number of hydrogen-bond donors (Lipinski definition) is 3. The number of amides is 1. The number of piperazine rings is 1. The van der Waals surface area contributed by atoms with Crippen LogP contribution in [-0.2, 0) is 20.7 Å². The number of rotatable bonds is 12. The number of carboxylic acid groups (broad SMARTS) is 1. The van der Waals surface area contributed by atoms with Crippen molar-refractivity contribution in [3.63, 3.8) is 0 Å². The first kappa shape index (κ1) is 31.9. The molecule has 0 bridgehead atoms. The van der Waals surface area contributed by atoms with Gasteiger partial charge in [0.1, 0.15) is 18.1 Å². The molecule has 0 spiro atoms. The number of likely N-dealkylation sites (N-methyl/N-ethyl adjacent to an activating group) is 1. The quantitative estimate of drug-likeness (QED) is 0.161. The predicted molar refractivity (Wildman–Crippen MR) is 166 cm³/mol. The molecule has 2 heterocycles. The third-order valence-corrected chi connectivity index (χ3v) is 7.56. The van der Waals surface area contributed by atoms with Gasteiger partial charge in [0, 0.05) is 63.2 Å². The van der Waals surface area contributed by atoms with Crippen LogP contribution in [0.4, 0.5) is 5.69 Å². The van der Waals surface area contributed by atoms with E-state index in [9.17, 15) is 9.59 Å². The first-order chi connectivity index (χ1) is 20.8. The molecule has 4 rings (SSSR count). The molecule has 0 saturated carbocycles. The van der Waals surface area contributed by atoms with E-state index in [1.807, 2.05) is 37.3 Å². The average molecular weight is 608 g/mol. The van der Waals surface area contributed by atoms with Crippen molar-refractivity contribution >= 4 is 30.4 Å². The van der Waals surface area contributed by atoms with Crippen LogP contribution in [0.15, 0.2) is 53.1 Å². The van der Waals surface area contributed by atoms with E-state index in [1.165, 1.54) is 6.20 Å². The summed E-state index contributed by atoms with van der Waals surface area (Å²) in [7, 11) is 3.18. The number of benzene rings is 2. The lowest BCUT2D eigenvalue weighted by atomic mass is 10.1. The monoisotopic (exact) mass is 607 g/mol. The molecular weight excluding hydrogens is 570 g/mol. The average Bonchev–Trinajstić information content (AvgIpc) is 3.48. The summed E-state index contributed by atoms with van der Waals surface area (Å²) in [4.78, 5) is 29.5. The summed E-state index contributed by atoms with van der Waals surface area (Å²) in [6.07, 6.45) is 1.67. The van der Waals surface area contributed by atoms with E-state index in [2.05, 4.69) is 57.0 Å². The summed E-state index contributed by atoms with van der Waals surface area (Å²) in [5.41, 5.74) is 3.37. The second-order valence-electron chi connectivity index (χ2n) is 10.0. The fourth-order valence-corrected chi connectivity index (χ4v) is 4.83. The highest BCUT2D eigenvalue weighted by atomic mass is 32.1. The van der Waals surface area contributed by atoms with Gasteiger partial charge in [-0.25, -0.2) is 9.99 Å². The SMILES string of the molecule is CNC(=O)Cc1cnc(-c2cc(C#Cc3ccc(N4CCN(N(S)[C@H](C)CC(=O)O)CC4)cc3)ccc2OCCOC)o1. The van der Waals surface area contributed by atoms with E-state index in [4.69, 9.17) is 19.0 Å². The zero-order chi connectivity index (χ0) is 30.8. The van der Waals surface area contributed by atoms with Gasteiger partial charge in [0.2, 0.25) is 11.8 Å². The van der Waals surface area contributed by atoms with Gasteiger partial charge in [0.25, 0.3) is 0 Å². The van der Waals surface area contributed by atoms with Crippen LogP contribution in [0.3, 0.4) is 0 Å². The third kappa shape index (κ3) is 8.98. The van der Waals surface area contributed by atoms with E-state index in [-0.39, 0.29) is 24.8 Å². The lowest BCUT2D eigenvalue weighted by Gasteiger charge is -2.41. The summed E-state index contributed by atoms with van der Waals surface area (Å²) >= 11 is 4.52. The van der Waals surface area contributed by atoms with Crippen molar-refractivity contribution in [3.8, 4) is 29.0 Å². The van der Waals surface area contributed by atoms with Crippen LogP contribution in [0.25, 0.3) is 11.5 Å². The zero-order valence-electron chi connectivity index (χ0n) is 24.6. The molecule has 0 radical (unpaired) electrons. The molecule has 1 saturated heterocycles. The Labute approximate surface area is 257 Å². The molecule has 1 fully saturated rings. The number of aromatic nitrogens is 1. The molecule has 11 nitrogen and oxygen atoms in total. The van der Waals surface area contributed by atoms with Crippen LogP contribution in [0.2, 0.25) is 0 Å². The molecule has 1 amide bonds. The molecule has 1 aromatic heterocycles. The number of carbonyl (C=O) groups excluding carboxylic acids is 1. The number of ether oxygens (including phenoxy) is 2. The van der Waals surface area contributed by atoms with Crippen molar-refractivity contribution in [2.75, 3.05) is 58.5 Å². The summed E-state index contributed by atoms with van der Waals surface area (Å²) in [6.45, 7) is 5.75. The minimum absolute atomic E-state index is 0.0413. The first-order valence-corrected chi connectivity index (χ1v) is 14.4. The van der Waals surface area contributed by atoms with Crippen LogP contribution in [-0.4, -0.2) is 91.0 Å².